The number of nitro groups is 1. The van der Waals surface area contributed by atoms with E-state index in [-0.39, 0.29) is 16.5 Å². The molecule has 3 rings (SSSR count). The van der Waals surface area contributed by atoms with Gasteiger partial charge in [0.05, 0.1) is 16.2 Å². The van der Waals surface area contributed by atoms with Crippen LogP contribution in [-0.4, -0.2) is 14.9 Å². The first-order valence-corrected chi connectivity index (χ1v) is 8.33. The third kappa shape index (κ3) is 4.34. The molecule has 0 saturated heterocycles. The summed E-state index contributed by atoms with van der Waals surface area (Å²) in [5, 5.41) is 14.0. The Balaban J connectivity index is 2.02. The van der Waals surface area contributed by atoms with Gasteiger partial charge in [0.25, 0.3) is 0 Å². The predicted molar refractivity (Wildman–Crippen MR) is 94.0 cm³/mol. The molecule has 0 aliphatic heterocycles. The third-order valence-electron chi connectivity index (χ3n) is 3.41. The fourth-order valence-electron chi connectivity index (χ4n) is 2.26. The van der Waals surface area contributed by atoms with E-state index < -0.39 is 22.4 Å². The van der Waals surface area contributed by atoms with Crippen molar-refractivity contribution in [1.29, 1.82) is 0 Å². The molecule has 0 aliphatic carbocycles. The number of aromatic nitrogens is 2. The number of hydrogen-bond acceptors (Lipinski definition) is 6. The van der Waals surface area contributed by atoms with Gasteiger partial charge in [-0.3, -0.25) is 10.1 Å². The first-order valence-electron chi connectivity index (χ1n) is 7.52. The quantitative estimate of drug-likeness (QED) is 0.361. The molecule has 0 amide bonds. The largest absolute Gasteiger partial charge is 0.418 e. The number of nitrogens with one attached hydrogen (secondary N) is 1. The van der Waals surface area contributed by atoms with Gasteiger partial charge in [-0.1, -0.05) is 42.1 Å². The maximum atomic E-state index is 13.2. The average Bonchev–Trinajstić information content (AvgIpc) is 2.62. The van der Waals surface area contributed by atoms with Crippen LogP contribution in [0.4, 0.5) is 30.4 Å². The van der Waals surface area contributed by atoms with Crippen molar-refractivity contribution >= 4 is 29.0 Å². The lowest BCUT2D eigenvalue weighted by atomic mass is 10.1. The van der Waals surface area contributed by atoms with Gasteiger partial charge in [0.1, 0.15) is 6.33 Å². The van der Waals surface area contributed by atoms with Crippen molar-refractivity contribution in [2.45, 2.75) is 16.1 Å². The molecule has 0 radical (unpaired) electrons. The minimum Gasteiger partial charge on any atom is -0.334 e. The number of anilines is 2. The lowest BCUT2D eigenvalue weighted by molar-refractivity contribution is -0.387. The molecular weight excluding hydrogens is 381 g/mol. The fraction of sp³-hybridized carbons (Fsp3) is 0.0588. The molecular formula is C17H11F3N4O2S. The van der Waals surface area contributed by atoms with Crippen molar-refractivity contribution < 1.29 is 18.1 Å². The molecule has 138 valence electrons. The van der Waals surface area contributed by atoms with Gasteiger partial charge in [0.2, 0.25) is 5.82 Å². The second-order valence-electron chi connectivity index (χ2n) is 5.22. The van der Waals surface area contributed by atoms with Crippen LogP contribution in [0.3, 0.4) is 0 Å². The summed E-state index contributed by atoms with van der Waals surface area (Å²) in [6, 6.07) is 13.5. The molecule has 2 aromatic carbocycles. The summed E-state index contributed by atoms with van der Waals surface area (Å²) >= 11 is 1.02. The first-order chi connectivity index (χ1) is 12.9. The number of hydrogen-bond donors (Lipinski definition) is 1. The van der Waals surface area contributed by atoms with E-state index in [0.717, 1.165) is 24.2 Å². The Kier molecular flexibility index (Phi) is 5.26. The first kappa shape index (κ1) is 18.6. The summed E-state index contributed by atoms with van der Waals surface area (Å²) in [6.45, 7) is 0. The summed E-state index contributed by atoms with van der Waals surface area (Å²) in [6.07, 6.45) is -3.55. The smallest absolute Gasteiger partial charge is 0.334 e. The van der Waals surface area contributed by atoms with Gasteiger partial charge in [-0.2, -0.15) is 13.2 Å². The van der Waals surface area contributed by atoms with Crippen molar-refractivity contribution in [3.05, 3.63) is 76.6 Å². The number of rotatable bonds is 5. The number of alkyl halides is 3. The average molecular weight is 392 g/mol. The van der Waals surface area contributed by atoms with Gasteiger partial charge in [0, 0.05) is 4.90 Å². The fourth-order valence-corrected chi connectivity index (χ4v) is 3.14. The maximum absolute atomic E-state index is 13.2. The minimum atomic E-state index is -4.62. The lowest BCUT2D eigenvalue weighted by Gasteiger charge is -2.14. The van der Waals surface area contributed by atoms with Crippen molar-refractivity contribution in [2.75, 3.05) is 5.32 Å². The van der Waals surface area contributed by atoms with E-state index in [2.05, 4.69) is 15.3 Å². The van der Waals surface area contributed by atoms with Crippen LogP contribution in [0.1, 0.15) is 5.56 Å². The standard InChI is InChI=1S/C17H11F3N4O2S/c18-17(19,20)12-8-4-5-9-13(12)23-15-14(24(25)26)16(22-10-21-15)27-11-6-2-1-3-7-11/h1-10H,(H,21,22,23). The van der Waals surface area contributed by atoms with Crippen molar-refractivity contribution in [3.63, 3.8) is 0 Å². The highest BCUT2D eigenvalue weighted by atomic mass is 32.2. The Hall–Kier alpha value is -3.14. The van der Waals surface area contributed by atoms with Gasteiger partial charge in [0.15, 0.2) is 5.03 Å². The summed E-state index contributed by atoms with van der Waals surface area (Å²) in [5.74, 6) is -0.315. The summed E-state index contributed by atoms with van der Waals surface area (Å²) in [4.78, 5) is 19.2. The normalized spacial score (nSPS) is 11.2. The lowest BCUT2D eigenvalue weighted by Crippen LogP contribution is -2.10. The second kappa shape index (κ2) is 7.62. The van der Waals surface area contributed by atoms with E-state index in [0.29, 0.717) is 4.90 Å². The number of para-hydroxylation sites is 1. The predicted octanol–water partition coefficient (Wildman–Crippen LogP) is 5.30. The van der Waals surface area contributed by atoms with Crippen LogP contribution in [0.15, 0.2) is 70.8 Å². The zero-order chi connectivity index (χ0) is 19.4. The van der Waals surface area contributed by atoms with Gasteiger partial charge in [-0.05, 0) is 24.3 Å². The highest BCUT2D eigenvalue weighted by molar-refractivity contribution is 7.99. The topological polar surface area (TPSA) is 81.0 Å². The summed E-state index contributed by atoms with van der Waals surface area (Å²) < 4.78 is 39.5. The molecule has 27 heavy (non-hydrogen) atoms. The zero-order valence-electron chi connectivity index (χ0n) is 13.5. The molecule has 3 aromatic rings. The SMILES string of the molecule is O=[N+]([O-])c1c(Nc2ccccc2C(F)(F)F)ncnc1Sc1ccccc1. The maximum Gasteiger partial charge on any atom is 0.418 e. The number of nitrogens with zero attached hydrogens (tertiary/aromatic N) is 3. The van der Waals surface area contributed by atoms with Crippen LogP contribution in [0.25, 0.3) is 0 Å². The van der Waals surface area contributed by atoms with Gasteiger partial charge < -0.3 is 5.32 Å². The van der Waals surface area contributed by atoms with Gasteiger partial charge >= 0.3 is 11.9 Å². The highest BCUT2D eigenvalue weighted by Gasteiger charge is 2.34. The van der Waals surface area contributed by atoms with Crippen LogP contribution >= 0.6 is 11.8 Å². The molecule has 1 heterocycles. The molecule has 10 heteroatoms. The highest BCUT2D eigenvalue weighted by Crippen LogP contribution is 2.40. The van der Waals surface area contributed by atoms with Crippen LogP contribution in [-0.2, 0) is 6.18 Å². The molecule has 0 fully saturated rings. The third-order valence-corrected chi connectivity index (χ3v) is 4.41. The molecule has 0 spiro atoms. The molecule has 0 saturated carbocycles. The molecule has 6 nitrogen and oxygen atoms in total. The van der Waals surface area contributed by atoms with E-state index in [9.17, 15) is 23.3 Å². The van der Waals surface area contributed by atoms with Crippen LogP contribution in [0.2, 0.25) is 0 Å². The second-order valence-corrected chi connectivity index (χ2v) is 6.28. The van der Waals surface area contributed by atoms with Crippen LogP contribution in [0.5, 0.6) is 0 Å². The van der Waals surface area contributed by atoms with E-state index in [1.54, 1.807) is 30.3 Å². The van der Waals surface area contributed by atoms with E-state index >= 15 is 0 Å². The Morgan fingerprint density at radius 1 is 1.00 bits per heavy atom. The van der Waals surface area contributed by atoms with Gasteiger partial charge in [-0.15, -0.1) is 0 Å². The Labute approximate surface area is 155 Å². The number of benzene rings is 2. The van der Waals surface area contributed by atoms with E-state index in [1.807, 2.05) is 0 Å². The minimum absolute atomic E-state index is 0.0215. The zero-order valence-corrected chi connectivity index (χ0v) is 14.3. The van der Waals surface area contributed by atoms with Crippen molar-refractivity contribution in [3.8, 4) is 0 Å². The van der Waals surface area contributed by atoms with Crippen molar-refractivity contribution in [1.82, 2.24) is 9.97 Å². The van der Waals surface area contributed by atoms with Crippen LogP contribution < -0.4 is 5.32 Å². The van der Waals surface area contributed by atoms with Gasteiger partial charge in [-0.25, -0.2) is 9.97 Å². The molecule has 0 bridgehead atoms. The van der Waals surface area contributed by atoms with E-state index in [1.165, 1.54) is 18.2 Å². The Morgan fingerprint density at radius 2 is 1.67 bits per heavy atom. The van der Waals surface area contributed by atoms with E-state index in [4.69, 9.17) is 0 Å². The Morgan fingerprint density at radius 3 is 2.33 bits per heavy atom. The van der Waals surface area contributed by atoms with Crippen molar-refractivity contribution in [2.24, 2.45) is 0 Å². The molecule has 0 atom stereocenters. The summed E-state index contributed by atoms with van der Waals surface area (Å²) in [7, 11) is 0. The molecule has 1 aromatic heterocycles. The summed E-state index contributed by atoms with van der Waals surface area (Å²) in [5.41, 5.74) is -1.78. The molecule has 0 aliphatic rings. The monoisotopic (exact) mass is 392 g/mol. The molecule has 0 unspecified atom stereocenters. The molecule has 1 N–H and O–H groups in total. The Bertz CT molecular complexity index is 968. The van der Waals surface area contributed by atoms with Crippen LogP contribution in [0, 0.1) is 10.1 Å². The number of halogens is 3.